The van der Waals surface area contributed by atoms with Crippen molar-refractivity contribution in [1.82, 2.24) is 10.2 Å². The SMILES string of the molecule is CCC(C)NC(=O)C(Cc1ccccc1)N(Cc1ccc(Br)cc1)C(=O)CN(c1cc(C)ccc1OC)S(=O)(=O)c1ccc(C)cc1. The molecule has 0 aliphatic carbocycles. The van der Waals surface area contributed by atoms with Crippen LogP contribution in [-0.4, -0.2) is 50.9 Å². The highest BCUT2D eigenvalue weighted by molar-refractivity contribution is 9.10. The largest absolute Gasteiger partial charge is 0.495 e. The topological polar surface area (TPSA) is 96.0 Å². The summed E-state index contributed by atoms with van der Waals surface area (Å²) < 4.78 is 36.3. The van der Waals surface area contributed by atoms with Gasteiger partial charge < -0.3 is 15.0 Å². The van der Waals surface area contributed by atoms with E-state index in [9.17, 15) is 18.0 Å². The number of nitrogens with one attached hydrogen (secondary N) is 1. The first-order chi connectivity index (χ1) is 22.4. The van der Waals surface area contributed by atoms with Crippen LogP contribution < -0.4 is 14.4 Å². The molecule has 47 heavy (non-hydrogen) atoms. The maximum absolute atomic E-state index is 14.7. The molecule has 0 bridgehead atoms. The Kier molecular flexibility index (Phi) is 12.2. The second kappa shape index (κ2) is 16.1. The van der Waals surface area contributed by atoms with Crippen LogP contribution in [-0.2, 0) is 32.6 Å². The lowest BCUT2D eigenvalue weighted by Crippen LogP contribution is -2.54. The maximum Gasteiger partial charge on any atom is 0.264 e. The summed E-state index contributed by atoms with van der Waals surface area (Å²) in [6, 6.07) is 27.6. The second-order valence-corrected chi connectivity index (χ2v) is 14.4. The van der Waals surface area contributed by atoms with Crippen molar-refractivity contribution in [1.29, 1.82) is 0 Å². The molecule has 0 aromatic heterocycles. The number of benzene rings is 4. The first-order valence-corrected chi connectivity index (χ1v) is 17.8. The molecular formula is C37H42BrN3O5S. The highest BCUT2D eigenvalue weighted by Gasteiger charge is 2.36. The second-order valence-electron chi connectivity index (χ2n) is 11.7. The van der Waals surface area contributed by atoms with Crippen LogP contribution in [0.4, 0.5) is 5.69 Å². The number of anilines is 1. The number of methoxy groups -OCH3 is 1. The van der Waals surface area contributed by atoms with Crippen LogP contribution >= 0.6 is 15.9 Å². The number of aryl methyl sites for hydroxylation is 2. The summed E-state index contributed by atoms with van der Waals surface area (Å²) in [7, 11) is -2.80. The Balaban J connectivity index is 1.85. The van der Waals surface area contributed by atoms with E-state index in [1.54, 1.807) is 24.3 Å². The minimum absolute atomic E-state index is 0.0364. The summed E-state index contributed by atoms with van der Waals surface area (Å²) in [5, 5.41) is 3.06. The summed E-state index contributed by atoms with van der Waals surface area (Å²) in [4.78, 5) is 30.2. The van der Waals surface area contributed by atoms with E-state index >= 15 is 0 Å². The van der Waals surface area contributed by atoms with E-state index < -0.39 is 28.5 Å². The Morgan fingerprint density at radius 2 is 1.51 bits per heavy atom. The van der Waals surface area contributed by atoms with E-state index in [0.717, 1.165) is 31.0 Å². The fourth-order valence-electron chi connectivity index (χ4n) is 5.13. The average Bonchev–Trinajstić information content (AvgIpc) is 3.06. The van der Waals surface area contributed by atoms with Crippen molar-refractivity contribution in [2.45, 2.75) is 64.1 Å². The third kappa shape index (κ3) is 9.23. The van der Waals surface area contributed by atoms with Gasteiger partial charge in [0.2, 0.25) is 11.8 Å². The van der Waals surface area contributed by atoms with Crippen molar-refractivity contribution in [3.63, 3.8) is 0 Å². The zero-order valence-electron chi connectivity index (χ0n) is 27.4. The number of halogens is 1. The van der Waals surface area contributed by atoms with Gasteiger partial charge in [0, 0.05) is 23.5 Å². The zero-order chi connectivity index (χ0) is 34.1. The Labute approximate surface area is 286 Å². The molecule has 10 heteroatoms. The van der Waals surface area contributed by atoms with Crippen molar-refractivity contribution < 1.29 is 22.7 Å². The first kappa shape index (κ1) is 35.7. The highest BCUT2D eigenvalue weighted by Crippen LogP contribution is 2.34. The molecule has 0 radical (unpaired) electrons. The molecule has 4 aromatic rings. The summed E-state index contributed by atoms with van der Waals surface area (Å²) in [6.45, 7) is 7.13. The predicted molar refractivity (Wildman–Crippen MR) is 190 cm³/mol. The third-order valence-corrected chi connectivity index (χ3v) is 10.3. The van der Waals surface area contributed by atoms with E-state index in [2.05, 4.69) is 21.2 Å². The van der Waals surface area contributed by atoms with Crippen molar-refractivity contribution in [3.8, 4) is 5.75 Å². The number of carbonyl (C=O) groups excluding carboxylic acids is 2. The van der Waals surface area contributed by atoms with Crippen LogP contribution in [0.25, 0.3) is 0 Å². The van der Waals surface area contributed by atoms with Gasteiger partial charge in [-0.2, -0.15) is 0 Å². The van der Waals surface area contributed by atoms with Gasteiger partial charge in [0.25, 0.3) is 10.0 Å². The van der Waals surface area contributed by atoms with Crippen LogP contribution in [0.5, 0.6) is 5.75 Å². The van der Waals surface area contributed by atoms with Crippen LogP contribution in [0.2, 0.25) is 0 Å². The number of carbonyl (C=O) groups is 2. The summed E-state index contributed by atoms with van der Waals surface area (Å²) in [5.41, 5.74) is 3.58. The number of nitrogens with zero attached hydrogens (tertiary/aromatic N) is 2. The molecular weight excluding hydrogens is 678 g/mol. The molecule has 0 aliphatic heterocycles. The van der Waals surface area contributed by atoms with Gasteiger partial charge in [-0.25, -0.2) is 8.42 Å². The molecule has 1 N–H and O–H groups in total. The number of rotatable bonds is 14. The van der Waals surface area contributed by atoms with E-state index in [0.29, 0.717) is 12.2 Å². The van der Waals surface area contributed by atoms with Gasteiger partial charge in [-0.1, -0.05) is 89.1 Å². The molecule has 0 fully saturated rings. The minimum atomic E-state index is -4.26. The van der Waals surface area contributed by atoms with Crippen LogP contribution in [0.15, 0.2) is 106 Å². The molecule has 2 unspecified atom stereocenters. The van der Waals surface area contributed by atoms with E-state index in [1.165, 1.54) is 24.1 Å². The Hall–Kier alpha value is -4.15. The third-order valence-electron chi connectivity index (χ3n) is 8.03. The van der Waals surface area contributed by atoms with Crippen molar-refractivity contribution in [2.24, 2.45) is 0 Å². The lowest BCUT2D eigenvalue weighted by atomic mass is 10.0. The van der Waals surface area contributed by atoms with Crippen LogP contribution in [0.1, 0.15) is 42.5 Å². The molecule has 2 amide bonds. The standard InChI is InChI=1S/C37H42BrN3O5S/c1-6-28(4)39-37(43)34(23-29-10-8-7-9-11-29)40(24-30-15-17-31(38)18-16-30)36(42)25-41(33-22-27(3)14-21-35(33)46-5)47(44,45)32-19-12-26(2)13-20-32/h7-22,28,34H,6,23-25H2,1-5H3,(H,39,43). The zero-order valence-corrected chi connectivity index (χ0v) is 29.8. The lowest BCUT2D eigenvalue weighted by Gasteiger charge is -2.34. The Morgan fingerprint density at radius 3 is 2.13 bits per heavy atom. The van der Waals surface area contributed by atoms with Crippen molar-refractivity contribution in [3.05, 3.63) is 124 Å². The molecule has 2 atom stereocenters. The van der Waals surface area contributed by atoms with Gasteiger partial charge >= 0.3 is 0 Å². The molecule has 4 rings (SSSR count). The van der Waals surface area contributed by atoms with E-state index in [4.69, 9.17) is 4.74 Å². The first-order valence-electron chi connectivity index (χ1n) is 15.5. The lowest BCUT2D eigenvalue weighted by molar-refractivity contribution is -0.140. The van der Waals surface area contributed by atoms with Gasteiger partial charge in [-0.05, 0) is 80.3 Å². The number of sulfonamides is 1. The summed E-state index contributed by atoms with van der Waals surface area (Å²) >= 11 is 3.47. The van der Waals surface area contributed by atoms with Crippen LogP contribution in [0.3, 0.4) is 0 Å². The van der Waals surface area contributed by atoms with E-state index in [1.807, 2.05) is 88.4 Å². The van der Waals surface area contributed by atoms with Crippen LogP contribution in [0, 0.1) is 13.8 Å². The molecule has 0 heterocycles. The summed E-state index contributed by atoms with van der Waals surface area (Å²) in [6.07, 6.45) is 0.948. The molecule has 0 spiro atoms. The van der Waals surface area contributed by atoms with E-state index in [-0.39, 0.29) is 35.5 Å². The van der Waals surface area contributed by atoms with Crippen molar-refractivity contribution in [2.75, 3.05) is 18.0 Å². The minimum Gasteiger partial charge on any atom is -0.495 e. The number of hydrogen-bond acceptors (Lipinski definition) is 5. The van der Waals surface area contributed by atoms with Gasteiger partial charge in [0.15, 0.2) is 0 Å². The number of hydrogen-bond donors (Lipinski definition) is 1. The summed E-state index contributed by atoms with van der Waals surface area (Å²) in [5.74, 6) is -0.545. The maximum atomic E-state index is 14.7. The normalized spacial score (nSPS) is 12.6. The van der Waals surface area contributed by atoms with Crippen molar-refractivity contribution >= 4 is 43.5 Å². The fourth-order valence-corrected chi connectivity index (χ4v) is 6.81. The molecule has 0 aliphatic rings. The Morgan fingerprint density at radius 1 is 0.872 bits per heavy atom. The number of amides is 2. The monoisotopic (exact) mass is 719 g/mol. The van der Waals surface area contributed by atoms with Gasteiger partial charge in [-0.3, -0.25) is 13.9 Å². The highest BCUT2D eigenvalue weighted by atomic mass is 79.9. The predicted octanol–water partition coefficient (Wildman–Crippen LogP) is 6.82. The number of ether oxygens (including phenoxy) is 1. The van der Waals surface area contributed by atoms with Gasteiger partial charge in [0.05, 0.1) is 17.7 Å². The molecule has 8 nitrogen and oxygen atoms in total. The molecule has 4 aromatic carbocycles. The smallest absolute Gasteiger partial charge is 0.264 e. The molecule has 0 saturated heterocycles. The van der Waals surface area contributed by atoms with Gasteiger partial charge in [0.1, 0.15) is 18.3 Å². The quantitative estimate of drug-likeness (QED) is 0.154. The molecule has 248 valence electrons. The molecule has 0 saturated carbocycles. The Bertz CT molecular complexity index is 1760. The average molecular weight is 721 g/mol. The fraction of sp³-hybridized carbons (Fsp3) is 0.297. The van der Waals surface area contributed by atoms with Gasteiger partial charge in [-0.15, -0.1) is 0 Å².